The first kappa shape index (κ1) is 12.7. The number of hydrogen-bond acceptors (Lipinski definition) is 4. The van der Waals surface area contributed by atoms with Gasteiger partial charge >= 0.3 is 5.97 Å². The molecule has 0 aliphatic rings. The molecule has 0 saturated carbocycles. The largest absolute Gasteiger partial charge is 0.481 e. The maximum absolute atomic E-state index is 10.6. The maximum Gasteiger partial charge on any atom is 0.305 e. The molecule has 0 radical (unpaired) electrons. The summed E-state index contributed by atoms with van der Waals surface area (Å²) in [6, 6.07) is 7.50. The number of rotatable bonds is 4. The predicted octanol–water partition coefficient (Wildman–Crippen LogP) is 2.59. The Bertz CT molecular complexity index is 548. The van der Waals surface area contributed by atoms with Crippen molar-refractivity contribution in [3.8, 4) is 11.3 Å². The Morgan fingerprint density at radius 3 is 2.72 bits per heavy atom. The number of nitrogens with two attached hydrogens (primary N) is 1. The molecule has 5 heteroatoms. The van der Waals surface area contributed by atoms with E-state index in [1.807, 2.05) is 36.6 Å². The summed E-state index contributed by atoms with van der Waals surface area (Å²) >= 11 is 1.40. The van der Waals surface area contributed by atoms with E-state index in [0.29, 0.717) is 5.01 Å². The Morgan fingerprint density at radius 1 is 1.44 bits per heavy atom. The van der Waals surface area contributed by atoms with Crippen LogP contribution in [0, 0.1) is 6.92 Å². The highest BCUT2D eigenvalue weighted by Crippen LogP contribution is 2.26. The summed E-state index contributed by atoms with van der Waals surface area (Å²) in [4.78, 5) is 15.0. The summed E-state index contributed by atoms with van der Waals surface area (Å²) in [7, 11) is 0. The van der Waals surface area contributed by atoms with E-state index >= 15 is 0 Å². The van der Waals surface area contributed by atoms with Crippen LogP contribution >= 0.6 is 11.3 Å². The van der Waals surface area contributed by atoms with Gasteiger partial charge in [-0.3, -0.25) is 4.79 Å². The first-order chi connectivity index (χ1) is 8.56. The molecule has 3 N–H and O–H groups in total. The third-order valence-corrected chi connectivity index (χ3v) is 3.56. The summed E-state index contributed by atoms with van der Waals surface area (Å²) in [5.41, 5.74) is 8.83. The van der Waals surface area contributed by atoms with E-state index in [2.05, 4.69) is 4.98 Å². The minimum Gasteiger partial charge on any atom is -0.481 e. The van der Waals surface area contributed by atoms with Gasteiger partial charge < -0.3 is 10.8 Å². The fraction of sp³-hybridized carbons (Fsp3) is 0.231. The first-order valence-corrected chi connectivity index (χ1v) is 6.44. The Morgan fingerprint density at radius 2 is 2.11 bits per heavy atom. The Kier molecular flexibility index (Phi) is 3.74. The van der Waals surface area contributed by atoms with E-state index in [0.717, 1.165) is 11.3 Å². The lowest BCUT2D eigenvalue weighted by atomic mass is 10.1. The van der Waals surface area contributed by atoms with Gasteiger partial charge in [-0.05, 0) is 6.92 Å². The molecule has 2 aromatic rings. The quantitative estimate of drug-likeness (QED) is 0.888. The van der Waals surface area contributed by atoms with Gasteiger partial charge in [0.25, 0.3) is 0 Å². The second-order valence-electron chi connectivity index (χ2n) is 4.14. The lowest BCUT2D eigenvalue weighted by Crippen LogP contribution is -2.14. The molecule has 0 aliphatic carbocycles. The van der Waals surface area contributed by atoms with Crippen LogP contribution in [0.15, 0.2) is 29.6 Å². The molecule has 0 bridgehead atoms. The molecule has 18 heavy (non-hydrogen) atoms. The van der Waals surface area contributed by atoms with Crippen molar-refractivity contribution in [2.24, 2.45) is 5.73 Å². The number of nitrogens with zero attached hydrogens (tertiary/aromatic N) is 1. The van der Waals surface area contributed by atoms with Gasteiger partial charge in [0.05, 0.1) is 18.2 Å². The molecule has 94 valence electrons. The normalized spacial score (nSPS) is 12.3. The molecule has 1 aromatic heterocycles. The highest BCUT2D eigenvalue weighted by molar-refractivity contribution is 7.10. The zero-order chi connectivity index (χ0) is 13.1. The molecular weight excluding hydrogens is 248 g/mol. The van der Waals surface area contributed by atoms with E-state index in [9.17, 15) is 4.79 Å². The summed E-state index contributed by atoms with van der Waals surface area (Å²) < 4.78 is 0. The fourth-order valence-electron chi connectivity index (χ4n) is 1.59. The van der Waals surface area contributed by atoms with Gasteiger partial charge in [0.2, 0.25) is 0 Å². The highest BCUT2D eigenvalue weighted by atomic mass is 32.1. The average Bonchev–Trinajstić information content (AvgIpc) is 2.78. The van der Waals surface area contributed by atoms with Crippen molar-refractivity contribution in [2.45, 2.75) is 19.4 Å². The van der Waals surface area contributed by atoms with E-state index in [1.54, 1.807) is 0 Å². The molecule has 0 spiro atoms. The SMILES string of the molecule is Cc1ccc(-c2csc(C(N)CC(=O)O)n2)cc1. The van der Waals surface area contributed by atoms with Crippen molar-refractivity contribution < 1.29 is 9.90 Å². The molecule has 0 amide bonds. The fourth-order valence-corrected chi connectivity index (χ4v) is 2.42. The summed E-state index contributed by atoms with van der Waals surface area (Å²) in [6.07, 6.45) is -0.0964. The number of carboxylic acids is 1. The van der Waals surface area contributed by atoms with Crippen LogP contribution in [0.5, 0.6) is 0 Å². The highest BCUT2D eigenvalue weighted by Gasteiger charge is 2.15. The number of benzene rings is 1. The lowest BCUT2D eigenvalue weighted by molar-refractivity contribution is -0.137. The molecular formula is C13H14N2O2S. The molecule has 0 aliphatic heterocycles. The van der Waals surface area contributed by atoms with Crippen molar-refractivity contribution >= 4 is 17.3 Å². The Balaban J connectivity index is 2.19. The van der Waals surface area contributed by atoms with Gasteiger partial charge in [-0.15, -0.1) is 11.3 Å². The minimum absolute atomic E-state index is 0.0964. The summed E-state index contributed by atoms with van der Waals surface area (Å²) in [6.45, 7) is 2.03. The van der Waals surface area contributed by atoms with Crippen LogP contribution in [0.4, 0.5) is 0 Å². The second kappa shape index (κ2) is 5.29. The Labute approximate surface area is 109 Å². The van der Waals surface area contributed by atoms with Gasteiger partial charge in [0.1, 0.15) is 5.01 Å². The van der Waals surface area contributed by atoms with Gasteiger partial charge in [0, 0.05) is 10.9 Å². The van der Waals surface area contributed by atoms with Gasteiger partial charge in [-0.25, -0.2) is 4.98 Å². The monoisotopic (exact) mass is 262 g/mol. The van der Waals surface area contributed by atoms with Crippen molar-refractivity contribution in [3.05, 3.63) is 40.2 Å². The number of aryl methyl sites for hydroxylation is 1. The van der Waals surface area contributed by atoms with Gasteiger partial charge in [-0.1, -0.05) is 29.8 Å². The van der Waals surface area contributed by atoms with Crippen molar-refractivity contribution in [2.75, 3.05) is 0 Å². The predicted molar refractivity (Wildman–Crippen MR) is 71.5 cm³/mol. The number of aliphatic carboxylic acids is 1. The van der Waals surface area contributed by atoms with E-state index < -0.39 is 12.0 Å². The van der Waals surface area contributed by atoms with Crippen LogP contribution < -0.4 is 5.73 Å². The van der Waals surface area contributed by atoms with Crippen LogP contribution in [0.3, 0.4) is 0 Å². The molecule has 1 aromatic carbocycles. The third-order valence-electron chi connectivity index (χ3n) is 2.58. The standard InChI is InChI=1S/C13H14N2O2S/c1-8-2-4-9(5-3-8)11-7-18-13(15-11)10(14)6-12(16)17/h2-5,7,10H,6,14H2,1H3,(H,16,17). The lowest BCUT2D eigenvalue weighted by Gasteiger charge is -2.03. The van der Waals surface area contributed by atoms with E-state index in [1.165, 1.54) is 16.9 Å². The number of carboxylic acid groups (broad SMARTS) is 1. The minimum atomic E-state index is -0.908. The van der Waals surface area contributed by atoms with Crippen LogP contribution in [0.2, 0.25) is 0 Å². The van der Waals surface area contributed by atoms with Crippen LogP contribution in [-0.4, -0.2) is 16.1 Å². The van der Waals surface area contributed by atoms with Gasteiger partial charge in [0.15, 0.2) is 0 Å². The molecule has 1 unspecified atom stereocenters. The molecule has 1 heterocycles. The first-order valence-electron chi connectivity index (χ1n) is 5.56. The van der Waals surface area contributed by atoms with E-state index in [4.69, 9.17) is 10.8 Å². The number of aromatic nitrogens is 1. The topological polar surface area (TPSA) is 76.2 Å². The van der Waals surface area contributed by atoms with Crippen LogP contribution in [0.1, 0.15) is 23.0 Å². The van der Waals surface area contributed by atoms with Crippen molar-refractivity contribution in [1.29, 1.82) is 0 Å². The number of carbonyl (C=O) groups is 1. The molecule has 2 rings (SSSR count). The molecule has 0 saturated heterocycles. The third kappa shape index (κ3) is 2.94. The zero-order valence-electron chi connectivity index (χ0n) is 9.96. The van der Waals surface area contributed by atoms with E-state index in [-0.39, 0.29) is 6.42 Å². The van der Waals surface area contributed by atoms with Crippen molar-refractivity contribution in [3.63, 3.8) is 0 Å². The smallest absolute Gasteiger partial charge is 0.305 e. The number of thiazole rings is 1. The molecule has 4 nitrogen and oxygen atoms in total. The zero-order valence-corrected chi connectivity index (χ0v) is 10.8. The number of hydrogen-bond donors (Lipinski definition) is 2. The molecule has 0 fully saturated rings. The summed E-state index contributed by atoms with van der Waals surface area (Å²) in [5.74, 6) is -0.908. The van der Waals surface area contributed by atoms with Crippen LogP contribution in [0.25, 0.3) is 11.3 Å². The maximum atomic E-state index is 10.6. The summed E-state index contributed by atoms with van der Waals surface area (Å²) in [5, 5.41) is 11.3. The van der Waals surface area contributed by atoms with Gasteiger partial charge in [-0.2, -0.15) is 0 Å². The van der Waals surface area contributed by atoms with Crippen LogP contribution in [-0.2, 0) is 4.79 Å². The average molecular weight is 262 g/mol. The van der Waals surface area contributed by atoms with Crippen molar-refractivity contribution in [1.82, 2.24) is 4.98 Å². The molecule has 1 atom stereocenters. The second-order valence-corrected chi connectivity index (χ2v) is 5.03. The Hall–Kier alpha value is -1.72.